The molecule has 8 nitrogen and oxygen atoms in total. The highest BCUT2D eigenvalue weighted by Gasteiger charge is 2.25. The van der Waals surface area contributed by atoms with Crippen molar-refractivity contribution in [3.63, 3.8) is 0 Å². The van der Waals surface area contributed by atoms with E-state index in [0.717, 1.165) is 34.5 Å². The Balaban J connectivity index is 1.76. The Hall–Kier alpha value is -2.88. The van der Waals surface area contributed by atoms with Gasteiger partial charge in [0.05, 0.1) is 5.02 Å². The standard InChI is InChI=1S/C26H26BrClN4O4/c1-26(2,3)36-25(34)30-23-21(16-12-14(27)7-10-19(16)29-24(23)33)15-8-9-18(28)22-17(15)13-32(31-22)20-6-4-5-11-35-20/h7-10,12-13,20H,4-6,11H2,1-3H3,(H,29,33)(H,30,34). The van der Waals surface area contributed by atoms with Crippen molar-refractivity contribution in [2.24, 2.45) is 0 Å². The number of carbonyl (C=O) groups is 1. The third kappa shape index (κ3) is 4.87. The van der Waals surface area contributed by atoms with Gasteiger partial charge in [-0.05, 0) is 69.9 Å². The maximum Gasteiger partial charge on any atom is 0.412 e. The van der Waals surface area contributed by atoms with Crippen molar-refractivity contribution in [2.75, 3.05) is 11.9 Å². The molecule has 0 bridgehead atoms. The average molecular weight is 574 g/mol. The number of aromatic nitrogens is 3. The Morgan fingerprint density at radius 2 is 2.06 bits per heavy atom. The van der Waals surface area contributed by atoms with E-state index in [4.69, 9.17) is 26.2 Å². The number of H-pyrrole nitrogens is 1. The zero-order valence-corrected chi connectivity index (χ0v) is 22.5. The van der Waals surface area contributed by atoms with E-state index in [1.807, 2.05) is 30.5 Å². The zero-order chi connectivity index (χ0) is 25.6. The molecule has 2 aromatic carbocycles. The van der Waals surface area contributed by atoms with Crippen molar-refractivity contribution >= 4 is 61.1 Å². The first-order valence-electron chi connectivity index (χ1n) is 11.8. The Labute approximate surface area is 221 Å². The molecule has 1 unspecified atom stereocenters. The summed E-state index contributed by atoms with van der Waals surface area (Å²) in [6, 6.07) is 9.15. The third-order valence-corrected chi connectivity index (χ3v) is 6.77. The van der Waals surface area contributed by atoms with Gasteiger partial charge in [0.2, 0.25) is 0 Å². The number of nitrogens with zero attached hydrogens (tertiary/aromatic N) is 2. The molecule has 1 saturated heterocycles. The molecule has 188 valence electrons. The summed E-state index contributed by atoms with van der Waals surface area (Å²) in [5.41, 5.74) is 1.38. The van der Waals surface area contributed by atoms with Crippen molar-refractivity contribution in [3.8, 4) is 11.1 Å². The fourth-order valence-electron chi connectivity index (χ4n) is 4.46. The smallest absolute Gasteiger partial charge is 0.412 e. The number of nitrogens with one attached hydrogen (secondary N) is 2. The van der Waals surface area contributed by atoms with Crippen LogP contribution in [-0.2, 0) is 9.47 Å². The van der Waals surface area contributed by atoms with Gasteiger partial charge in [-0.3, -0.25) is 10.1 Å². The van der Waals surface area contributed by atoms with Crippen LogP contribution in [-0.4, -0.2) is 33.1 Å². The third-order valence-electron chi connectivity index (χ3n) is 5.97. The number of carbonyl (C=O) groups excluding carboxylic acids is 1. The highest BCUT2D eigenvalue weighted by molar-refractivity contribution is 9.10. The molecule has 0 aliphatic carbocycles. The lowest BCUT2D eigenvalue weighted by molar-refractivity contribution is -0.0390. The Kier molecular flexibility index (Phi) is 6.57. The van der Waals surface area contributed by atoms with E-state index in [2.05, 4.69) is 26.2 Å². The molecule has 1 fully saturated rings. The first kappa shape index (κ1) is 24.8. The Morgan fingerprint density at radius 3 is 2.78 bits per heavy atom. The van der Waals surface area contributed by atoms with Crippen LogP contribution in [0.4, 0.5) is 10.5 Å². The second kappa shape index (κ2) is 9.53. The molecule has 1 aliphatic rings. The van der Waals surface area contributed by atoms with Crippen LogP contribution in [0.3, 0.4) is 0 Å². The SMILES string of the molecule is CC(C)(C)OC(=O)Nc1c(-c2ccc(Cl)c3nn(C4CCCCO4)cc23)c2cc(Br)ccc2[nH]c1=O. The van der Waals surface area contributed by atoms with Crippen LogP contribution in [0.5, 0.6) is 0 Å². The second-order valence-electron chi connectivity index (χ2n) is 9.81. The van der Waals surface area contributed by atoms with Gasteiger partial charge in [-0.25, -0.2) is 9.48 Å². The van der Waals surface area contributed by atoms with Crippen molar-refractivity contribution in [3.05, 3.63) is 56.4 Å². The summed E-state index contributed by atoms with van der Waals surface area (Å²) in [6.07, 6.45) is 3.93. The van der Waals surface area contributed by atoms with Crippen molar-refractivity contribution in [2.45, 2.75) is 51.9 Å². The molecule has 5 rings (SSSR count). The number of hydrogen-bond donors (Lipinski definition) is 2. The van der Waals surface area contributed by atoms with Gasteiger partial charge in [0.1, 0.15) is 23.0 Å². The van der Waals surface area contributed by atoms with Crippen LogP contribution >= 0.6 is 27.5 Å². The lowest BCUT2D eigenvalue weighted by Gasteiger charge is -2.22. The summed E-state index contributed by atoms with van der Waals surface area (Å²) in [4.78, 5) is 28.9. The van der Waals surface area contributed by atoms with E-state index in [9.17, 15) is 9.59 Å². The number of fused-ring (bicyclic) bond motifs is 2. The normalized spacial score (nSPS) is 16.4. The molecular formula is C26H26BrClN4O4. The number of anilines is 1. The summed E-state index contributed by atoms with van der Waals surface area (Å²) in [5.74, 6) is 0. The summed E-state index contributed by atoms with van der Waals surface area (Å²) < 4.78 is 14.0. The number of pyridine rings is 1. The molecule has 0 radical (unpaired) electrons. The van der Waals surface area contributed by atoms with Crippen LogP contribution in [0.25, 0.3) is 32.9 Å². The number of amides is 1. The molecule has 3 heterocycles. The van der Waals surface area contributed by atoms with Crippen LogP contribution < -0.4 is 10.9 Å². The minimum absolute atomic E-state index is 0.0835. The number of hydrogen-bond acceptors (Lipinski definition) is 5. The molecule has 1 amide bonds. The van der Waals surface area contributed by atoms with Crippen LogP contribution in [0.1, 0.15) is 46.3 Å². The predicted octanol–water partition coefficient (Wildman–Crippen LogP) is 7.01. The summed E-state index contributed by atoms with van der Waals surface area (Å²) in [5, 5.41) is 9.39. The first-order chi connectivity index (χ1) is 17.1. The van der Waals surface area contributed by atoms with E-state index < -0.39 is 17.3 Å². The highest BCUT2D eigenvalue weighted by atomic mass is 79.9. The van der Waals surface area contributed by atoms with Crippen LogP contribution in [0.15, 0.2) is 45.8 Å². The Bertz CT molecular complexity index is 1530. The molecule has 2 N–H and O–H groups in total. The predicted molar refractivity (Wildman–Crippen MR) is 145 cm³/mol. The van der Waals surface area contributed by atoms with E-state index in [1.54, 1.807) is 31.5 Å². The summed E-state index contributed by atoms with van der Waals surface area (Å²) in [7, 11) is 0. The number of rotatable bonds is 3. The fourth-order valence-corrected chi connectivity index (χ4v) is 5.02. The highest BCUT2D eigenvalue weighted by Crippen LogP contribution is 2.40. The number of ether oxygens (including phenoxy) is 2. The van der Waals surface area contributed by atoms with E-state index in [-0.39, 0.29) is 11.9 Å². The quantitative estimate of drug-likeness (QED) is 0.275. The topological polar surface area (TPSA) is 98.2 Å². The maximum absolute atomic E-state index is 13.3. The van der Waals surface area contributed by atoms with Crippen molar-refractivity contribution in [1.29, 1.82) is 0 Å². The van der Waals surface area contributed by atoms with Crippen LogP contribution in [0, 0.1) is 0 Å². The molecule has 0 saturated carbocycles. The number of benzene rings is 2. The number of aromatic amines is 1. The van der Waals surface area contributed by atoms with Crippen LogP contribution in [0.2, 0.25) is 5.02 Å². The van der Waals surface area contributed by atoms with E-state index >= 15 is 0 Å². The Morgan fingerprint density at radius 1 is 1.25 bits per heavy atom. The maximum atomic E-state index is 13.3. The lowest BCUT2D eigenvalue weighted by Crippen LogP contribution is -2.29. The molecular weight excluding hydrogens is 548 g/mol. The van der Waals surface area contributed by atoms with Gasteiger partial charge in [-0.1, -0.05) is 33.6 Å². The fraction of sp³-hybridized carbons (Fsp3) is 0.346. The molecule has 0 spiro atoms. The molecule has 4 aromatic rings. The summed E-state index contributed by atoms with van der Waals surface area (Å²) in [6.45, 7) is 5.97. The molecule has 36 heavy (non-hydrogen) atoms. The monoisotopic (exact) mass is 572 g/mol. The van der Waals surface area contributed by atoms with Gasteiger partial charge in [0, 0.05) is 39.1 Å². The van der Waals surface area contributed by atoms with Gasteiger partial charge < -0.3 is 14.5 Å². The van der Waals surface area contributed by atoms with Crippen molar-refractivity contribution in [1.82, 2.24) is 14.8 Å². The van der Waals surface area contributed by atoms with Crippen molar-refractivity contribution < 1.29 is 14.3 Å². The van der Waals surface area contributed by atoms with E-state index in [0.29, 0.717) is 33.8 Å². The average Bonchev–Trinajstić information content (AvgIpc) is 3.27. The van der Waals surface area contributed by atoms with Gasteiger partial charge in [0.15, 0.2) is 0 Å². The lowest BCUT2D eigenvalue weighted by atomic mass is 9.96. The van der Waals surface area contributed by atoms with Gasteiger partial charge in [0.25, 0.3) is 5.56 Å². The minimum atomic E-state index is -0.731. The summed E-state index contributed by atoms with van der Waals surface area (Å²) >= 11 is 10.1. The molecule has 2 aromatic heterocycles. The van der Waals surface area contributed by atoms with E-state index in [1.165, 1.54) is 0 Å². The number of halogens is 2. The molecule has 10 heteroatoms. The first-order valence-corrected chi connectivity index (χ1v) is 12.9. The van der Waals surface area contributed by atoms with Gasteiger partial charge >= 0.3 is 6.09 Å². The zero-order valence-electron chi connectivity index (χ0n) is 20.2. The second-order valence-corrected chi connectivity index (χ2v) is 11.1. The molecule has 1 aliphatic heterocycles. The minimum Gasteiger partial charge on any atom is -0.444 e. The van der Waals surface area contributed by atoms with Gasteiger partial charge in [-0.15, -0.1) is 0 Å². The van der Waals surface area contributed by atoms with Gasteiger partial charge in [-0.2, -0.15) is 5.10 Å². The largest absolute Gasteiger partial charge is 0.444 e. The molecule has 1 atom stereocenters.